The maximum Gasteiger partial charge on any atom is 0.141 e. The van der Waals surface area contributed by atoms with E-state index in [4.69, 9.17) is 5.73 Å². The van der Waals surface area contributed by atoms with E-state index in [1.807, 2.05) is 6.92 Å². The van der Waals surface area contributed by atoms with Crippen LogP contribution < -0.4 is 5.73 Å². The first-order valence-electron chi connectivity index (χ1n) is 3.93. The highest BCUT2D eigenvalue weighted by atomic mass is 79.9. The van der Waals surface area contributed by atoms with E-state index in [1.165, 1.54) is 0 Å². The number of hydrogen-bond acceptors (Lipinski definition) is 3. The molecule has 1 rings (SSSR count). The minimum absolute atomic E-state index is 0.533. The quantitative estimate of drug-likeness (QED) is 0.846. The van der Waals surface area contributed by atoms with Gasteiger partial charge in [0.1, 0.15) is 11.6 Å². The SMILES string of the molecule is CCCc1nc(C)nc(N)c1Br. The number of nitrogens with two attached hydrogens (primary N) is 1. The average Bonchev–Trinajstić information content (AvgIpc) is 2.00. The molecule has 0 aliphatic carbocycles. The van der Waals surface area contributed by atoms with Crippen LogP contribution in [0.4, 0.5) is 5.82 Å². The second kappa shape index (κ2) is 3.85. The summed E-state index contributed by atoms with van der Waals surface area (Å²) in [6.07, 6.45) is 2.00. The van der Waals surface area contributed by atoms with Gasteiger partial charge in [0.15, 0.2) is 0 Å². The van der Waals surface area contributed by atoms with Crippen molar-refractivity contribution in [1.82, 2.24) is 9.97 Å². The highest BCUT2D eigenvalue weighted by Gasteiger charge is 2.06. The van der Waals surface area contributed by atoms with E-state index in [2.05, 4.69) is 32.8 Å². The van der Waals surface area contributed by atoms with Crippen molar-refractivity contribution in [3.63, 3.8) is 0 Å². The summed E-state index contributed by atoms with van der Waals surface area (Å²) in [6, 6.07) is 0. The van der Waals surface area contributed by atoms with E-state index in [0.717, 1.165) is 28.8 Å². The molecule has 4 heteroatoms. The van der Waals surface area contributed by atoms with Crippen molar-refractivity contribution in [2.75, 3.05) is 5.73 Å². The van der Waals surface area contributed by atoms with Gasteiger partial charge in [-0.2, -0.15) is 0 Å². The van der Waals surface area contributed by atoms with Gasteiger partial charge in [0.2, 0.25) is 0 Å². The van der Waals surface area contributed by atoms with Crippen LogP contribution in [0.15, 0.2) is 4.47 Å². The molecule has 0 saturated carbocycles. The summed E-state index contributed by atoms with van der Waals surface area (Å²) in [5, 5.41) is 0. The number of aryl methyl sites for hydroxylation is 2. The van der Waals surface area contributed by atoms with Crippen LogP contribution in [0, 0.1) is 6.92 Å². The molecule has 66 valence electrons. The Morgan fingerprint density at radius 2 is 2.08 bits per heavy atom. The molecular weight excluding hydrogens is 218 g/mol. The fourth-order valence-electron chi connectivity index (χ4n) is 1.04. The third kappa shape index (κ3) is 1.94. The van der Waals surface area contributed by atoms with Crippen LogP contribution in [0.2, 0.25) is 0 Å². The topological polar surface area (TPSA) is 51.8 Å². The van der Waals surface area contributed by atoms with Gasteiger partial charge in [-0.25, -0.2) is 9.97 Å². The lowest BCUT2D eigenvalue weighted by Gasteiger charge is -2.04. The zero-order valence-corrected chi connectivity index (χ0v) is 8.85. The molecule has 0 aliphatic rings. The maximum atomic E-state index is 5.65. The predicted molar refractivity (Wildman–Crippen MR) is 52.9 cm³/mol. The van der Waals surface area contributed by atoms with Crippen LogP contribution in [-0.2, 0) is 6.42 Å². The van der Waals surface area contributed by atoms with Gasteiger partial charge in [0.25, 0.3) is 0 Å². The summed E-state index contributed by atoms with van der Waals surface area (Å²) in [4.78, 5) is 8.32. The van der Waals surface area contributed by atoms with E-state index in [1.54, 1.807) is 0 Å². The summed E-state index contributed by atoms with van der Waals surface area (Å²) in [5.74, 6) is 1.27. The van der Waals surface area contributed by atoms with Gasteiger partial charge < -0.3 is 5.73 Å². The average molecular weight is 230 g/mol. The fourth-order valence-corrected chi connectivity index (χ4v) is 1.42. The number of nitrogens with zero attached hydrogens (tertiary/aromatic N) is 2. The smallest absolute Gasteiger partial charge is 0.141 e. The minimum atomic E-state index is 0.533. The molecule has 1 aromatic rings. The Labute approximate surface area is 80.5 Å². The van der Waals surface area contributed by atoms with Crippen LogP contribution in [0.25, 0.3) is 0 Å². The molecule has 0 amide bonds. The summed E-state index contributed by atoms with van der Waals surface area (Å²) in [6.45, 7) is 3.96. The molecule has 0 spiro atoms. The standard InChI is InChI=1S/C8H12BrN3/c1-3-4-6-7(9)8(10)12-5(2)11-6/h3-4H2,1-2H3,(H2,10,11,12). The predicted octanol–water partition coefficient (Wildman–Crippen LogP) is 2.08. The number of hydrogen-bond donors (Lipinski definition) is 1. The molecule has 1 heterocycles. The first-order chi connectivity index (χ1) is 5.65. The molecule has 1 aromatic heterocycles. The Hall–Kier alpha value is -0.640. The molecule has 12 heavy (non-hydrogen) atoms. The number of halogens is 1. The third-order valence-electron chi connectivity index (χ3n) is 1.54. The Morgan fingerprint density at radius 3 is 2.67 bits per heavy atom. The highest BCUT2D eigenvalue weighted by Crippen LogP contribution is 2.21. The van der Waals surface area contributed by atoms with E-state index < -0.39 is 0 Å². The first-order valence-corrected chi connectivity index (χ1v) is 4.73. The second-order valence-electron chi connectivity index (χ2n) is 2.67. The van der Waals surface area contributed by atoms with Crippen LogP contribution in [0.5, 0.6) is 0 Å². The Balaban J connectivity index is 3.09. The molecule has 0 saturated heterocycles. The molecule has 0 fully saturated rings. The van der Waals surface area contributed by atoms with Gasteiger partial charge in [0, 0.05) is 0 Å². The first kappa shape index (κ1) is 9.45. The lowest BCUT2D eigenvalue weighted by atomic mass is 10.2. The van der Waals surface area contributed by atoms with Gasteiger partial charge in [-0.1, -0.05) is 13.3 Å². The molecule has 2 N–H and O–H groups in total. The molecular formula is C8H12BrN3. The zero-order valence-electron chi connectivity index (χ0n) is 7.26. The summed E-state index contributed by atoms with van der Waals surface area (Å²) < 4.78 is 0.843. The van der Waals surface area contributed by atoms with Crippen LogP contribution in [-0.4, -0.2) is 9.97 Å². The van der Waals surface area contributed by atoms with Gasteiger partial charge >= 0.3 is 0 Å². The van der Waals surface area contributed by atoms with Gasteiger partial charge in [-0.05, 0) is 29.3 Å². The van der Waals surface area contributed by atoms with Crippen molar-refractivity contribution in [3.05, 3.63) is 16.0 Å². The van der Waals surface area contributed by atoms with Crippen LogP contribution in [0.1, 0.15) is 24.9 Å². The lowest BCUT2D eigenvalue weighted by molar-refractivity contribution is 0.851. The molecule has 3 nitrogen and oxygen atoms in total. The summed E-state index contributed by atoms with van der Waals surface area (Å²) in [7, 11) is 0. The number of aromatic nitrogens is 2. The van der Waals surface area contributed by atoms with Crippen molar-refractivity contribution in [1.29, 1.82) is 0 Å². The van der Waals surface area contributed by atoms with Crippen LogP contribution in [0.3, 0.4) is 0 Å². The molecule has 0 unspecified atom stereocenters. The van der Waals surface area contributed by atoms with E-state index in [9.17, 15) is 0 Å². The molecule has 0 aliphatic heterocycles. The van der Waals surface area contributed by atoms with Gasteiger partial charge in [0.05, 0.1) is 10.2 Å². The molecule has 0 radical (unpaired) electrons. The van der Waals surface area contributed by atoms with E-state index in [-0.39, 0.29) is 0 Å². The normalized spacial score (nSPS) is 10.2. The Morgan fingerprint density at radius 1 is 1.42 bits per heavy atom. The summed E-state index contributed by atoms with van der Waals surface area (Å²) >= 11 is 3.37. The largest absolute Gasteiger partial charge is 0.383 e. The number of anilines is 1. The van der Waals surface area contributed by atoms with E-state index >= 15 is 0 Å². The molecule has 0 bridgehead atoms. The van der Waals surface area contributed by atoms with Gasteiger partial charge in [-0.15, -0.1) is 0 Å². The zero-order chi connectivity index (χ0) is 9.14. The second-order valence-corrected chi connectivity index (χ2v) is 3.46. The fraction of sp³-hybridized carbons (Fsp3) is 0.500. The Kier molecular flexibility index (Phi) is 3.03. The van der Waals surface area contributed by atoms with Crippen LogP contribution >= 0.6 is 15.9 Å². The molecule has 0 aromatic carbocycles. The van der Waals surface area contributed by atoms with Crippen molar-refractivity contribution in [2.24, 2.45) is 0 Å². The van der Waals surface area contributed by atoms with Crippen molar-refractivity contribution in [3.8, 4) is 0 Å². The number of nitrogen functional groups attached to an aromatic ring is 1. The van der Waals surface area contributed by atoms with Crippen molar-refractivity contribution < 1.29 is 0 Å². The van der Waals surface area contributed by atoms with Gasteiger partial charge in [-0.3, -0.25) is 0 Å². The van der Waals surface area contributed by atoms with E-state index in [0.29, 0.717) is 5.82 Å². The van der Waals surface area contributed by atoms with Crippen molar-refractivity contribution >= 4 is 21.7 Å². The van der Waals surface area contributed by atoms with Crippen molar-refractivity contribution in [2.45, 2.75) is 26.7 Å². The third-order valence-corrected chi connectivity index (χ3v) is 2.41. The highest BCUT2D eigenvalue weighted by molar-refractivity contribution is 9.10. The summed E-state index contributed by atoms with van der Waals surface area (Å²) in [5.41, 5.74) is 6.66. The maximum absolute atomic E-state index is 5.65. The molecule has 0 atom stereocenters. The Bertz CT molecular complexity index is 286. The monoisotopic (exact) mass is 229 g/mol. The minimum Gasteiger partial charge on any atom is -0.383 e. The number of rotatable bonds is 2. The lowest BCUT2D eigenvalue weighted by Crippen LogP contribution is -2.02.